The highest BCUT2D eigenvalue weighted by Crippen LogP contribution is 2.54. The maximum Gasteiger partial charge on any atom is 0.120 e. The molecule has 0 aliphatic heterocycles. The summed E-state index contributed by atoms with van der Waals surface area (Å²) >= 11 is 10.4. The van der Waals surface area contributed by atoms with Gasteiger partial charge in [0, 0.05) is 4.47 Å². The van der Waals surface area contributed by atoms with Gasteiger partial charge in [0.05, 0.1) is 12.5 Å². The van der Waals surface area contributed by atoms with Crippen molar-refractivity contribution in [2.45, 2.75) is 44.4 Å². The summed E-state index contributed by atoms with van der Waals surface area (Å²) in [4.78, 5) is 0. The molecule has 0 amide bonds. The maximum absolute atomic E-state index is 6.80. The second kappa shape index (κ2) is 5.83. The smallest absolute Gasteiger partial charge is 0.120 e. The number of alkyl halides is 1. The molecule has 0 spiro atoms. The van der Waals surface area contributed by atoms with E-state index >= 15 is 0 Å². The monoisotopic (exact) mass is 330 g/mol. The molecule has 1 aromatic rings. The summed E-state index contributed by atoms with van der Waals surface area (Å²) in [7, 11) is 1.68. The second-order valence-electron chi connectivity index (χ2n) is 5.17. The minimum absolute atomic E-state index is 0.0882. The predicted molar refractivity (Wildman–Crippen MR) is 80.5 cm³/mol. The van der Waals surface area contributed by atoms with Crippen LogP contribution in [0.4, 0.5) is 0 Å². The molecule has 0 radical (unpaired) electrons. The first kappa shape index (κ1) is 14.2. The molecule has 0 aromatic heterocycles. The van der Waals surface area contributed by atoms with Crippen molar-refractivity contribution in [1.82, 2.24) is 0 Å². The minimum Gasteiger partial charge on any atom is -0.497 e. The number of halogens is 2. The van der Waals surface area contributed by atoms with Crippen molar-refractivity contribution in [3.8, 4) is 5.75 Å². The molecule has 0 N–H and O–H groups in total. The minimum atomic E-state index is 0.0882. The van der Waals surface area contributed by atoms with E-state index in [-0.39, 0.29) is 10.8 Å². The zero-order valence-corrected chi connectivity index (χ0v) is 13.4. The van der Waals surface area contributed by atoms with Crippen LogP contribution in [-0.4, -0.2) is 7.11 Å². The number of hydrogen-bond donors (Lipinski definition) is 0. The highest BCUT2D eigenvalue weighted by atomic mass is 79.9. The van der Waals surface area contributed by atoms with Gasteiger partial charge in [-0.3, -0.25) is 0 Å². The lowest BCUT2D eigenvalue weighted by atomic mass is 9.77. The third-order valence-electron chi connectivity index (χ3n) is 4.32. The van der Waals surface area contributed by atoms with Crippen molar-refractivity contribution in [2.75, 3.05) is 7.11 Å². The first-order valence-corrected chi connectivity index (χ1v) is 7.83. The number of ether oxygens (including phenoxy) is 1. The molecule has 2 rings (SSSR count). The quantitative estimate of drug-likeness (QED) is 0.642. The van der Waals surface area contributed by atoms with Gasteiger partial charge < -0.3 is 4.74 Å². The maximum atomic E-state index is 6.80. The van der Waals surface area contributed by atoms with Gasteiger partial charge in [-0.25, -0.2) is 0 Å². The van der Waals surface area contributed by atoms with Crippen LogP contribution in [-0.2, 0) is 0 Å². The van der Waals surface area contributed by atoms with Crippen molar-refractivity contribution < 1.29 is 4.74 Å². The average Bonchev–Trinajstić information content (AvgIpc) is 2.87. The van der Waals surface area contributed by atoms with Gasteiger partial charge in [0.1, 0.15) is 5.75 Å². The van der Waals surface area contributed by atoms with Gasteiger partial charge in [-0.1, -0.05) is 41.8 Å². The number of rotatable bonds is 4. The number of methoxy groups -OCH3 is 1. The predicted octanol–water partition coefficient (Wildman–Crippen LogP) is 5.71. The van der Waals surface area contributed by atoms with Gasteiger partial charge in [0.25, 0.3) is 0 Å². The summed E-state index contributed by atoms with van der Waals surface area (Å²) in [6.07, 6.45) is 6.27. The van der Waals surface area contributed by atoms with Crippen LogP contribution in [0.1, 0.15) is 50.0 Å². The molecule has 3 heteroatoms. The molecule has 1 atom stereocenters. The molecule has 1 aliphatic carbocycles. The Bertz CT molecular complexity index is 413. The first-order chi connectivity index (χ1) is 8.63. The van der Waals surface area contributed by atoms with Crippen molar-refractivity contribution in [3.63, 3.8) is 0 Å². The second-order valence-corrected chi connectivity index (χ2v) is 6.46. The molecule has 1 saturated carbocycles. The summed E-state index contributed by atoms with van der Waals surface area (Å²) in [6.45, 7) is 2.26. The van der Waals surface area contributed by atoms with E-state index in [9.17, 15) is 0 Å². The molecule has 0 saturated heterocycles. The molecule has 1 fully saturated rings. The van der Waals surface area contributed by atoms with Gasteiger partial charge in [-0.05, 0) is 42.4 Å². The standard InChI is InChI=1S/C15H20BrClO/c1-3-15(8-4-5-9-15)14(17)12-7-6-11(18-2)10-13(12)16/h6-7,10,14H,3-5,8-9H2,1-2H3. The van der Waals surface area contributed by atoms with E-state index < -0.39 is 0 Å². The molecule has 100 valence electrons. The Hall–Kier alpha value is -0.210. The molecule has 1 nitrogen and oxygen atoms in total. The fourth-order valence-electron chi connectivity index (χ4n) is 3.04. The number of benzene rings is 1. The van der Waals surface area contributed by atoms with E-state index in [1.165, 1.54) is 31.2 Å². The third kappa shape index (κ3) is 2.55. The molecule has 1 aromatic carbocycles. The number of hydrogen-bond acceptors (Lipinski definition) is 1. The Kier molecular flexibility index (Phi) is 4.60. The van der Waals surface area contributed by atoms with E-state index in [1.807, 2.05) is 12.1 Å². The Morgan fingerprint density at radius 2 is 2.06 bits per heavy atom. The van der Waals surface area contributed by atoms with Crippen molar-refractivity contribution >= 4 is 27.5 Å². The van der Waals surface area contributed by atoms with E-state index in [0.29, 0.717) is 0 Å². The van der Waals surface area contributed by atoms with Crippen LogP contribution in [0.25, 0.3) is 0 Å². The molecule has 1 unspecified atom stereocenters. The molecular weight excluding hydrogens is 312 g/mol. The van der Waals surface area contributed by atoms with Crippen LogP contribution in [0.5, 0.6) is 5.75 Å². The van der Waals surface area contributed by atoms with Gasteiger partial charge in [-0.2, -0.15) is 0 Å². The largest absolute Gasteiger partial charge is 0.497 e. The molecular formula is C15H20BrClO. The molecule has 18 heavy (non-hydrogen) atoms. The lowest BCUT2D eigenvalue weighted by Gasteiger charge is -2.33. The van der Waals surface area contributed by atoms with Crippen LogP contribution in [0.15, 0.2) is 22.7 Å². The summed E-state index contributed by atoms with van der Waals surface area (Å²) in [6, 6.07) is 6.09. The van der Waals surface area contributed by atoms with Gasteiger partial charge in [-0.15, -0.1) is 11.6 Å². The molecule has 0 bridgehead atoms. The average molecular weight is 332 g/mol. The van der Waals surface area contributed by atoms with Crippen LogP contribution in [0.3, 0.4) is 0 Å². The Morgan fingerprint density at radius 1 is 1.39 bits per heavy atom. The highest BCUT2D eigenvalue weighted by Gasteiger charge is 2.40. The highest BCUT2D eigenvalue weighted by molar-refractivity contribution is 9.10. The van der Waals surface area contributed by atoms with Crippen LogP contribution in [0, 0.1) is 5.41 Å². The summed E-state index contributed by atoms with van der Waals surface area (Å²) in [5, 5.41) is 0.0882. The van der Waals surface area contributed by atoms with Gasteiger partial charge >= 0.3 is 0 Å². The van der Waals surface area contributed by atoms with Gasteiger partial charge in [0.2, 0.25) is 0 Å². The third-order valence-corrected chi connectivity index (χ3v) is 5.71. The SMILES string of the molecule is CCC1(C(Cl)c2ccc(OC)cc2Br)CCCC1. The Morgan fingerprint density at radius 3 is 2.56 bits per heavy atom. The molecule has 0 heterocycles. The van der Waals surface area contributed by atoms with E-state index in [2.05, 4.69) is 28.9 Å². The van der Waals surface area contributed by atoms with Crippen LogP contribution in [0.2, 0.25) is 0 Å². The first-order valence-electron chi connectivity index (χ1n) is 6.60. The Balaban J connectivity index is 2.30. The topological polar surface area (TPSA) is 9.23 Å². The summed E-state index contributed by atoms with van der Waals surface area (Å²) < 4.78 is 6.29. The normalized spacial score (nSPS) is 19.8. The van der Waals surface area contributed by atoms with E-state index in [1.54, 1.807) is 7.11 Å². The van der Waals surface area contributed by atoms with Crippen molar-refractivity contribution in [2.24, 2.45) is 5.41 Å². The zero-order valence-electron chi connectivity index (χ0n) is 11.0. The molecule has 1 aliphatic rings. The van der Waals surface area contributed by atoms with Crippen molar-refractivity contribution in [1.29, 1.82) is 0 Å². The van der Waals surface area contributed by atoms with Crippen LogP contribution >= 0.6 is 27.5 Å². The van der Waals surface area contributed by atoms with Gasteiger partial charge in [0.15, 0.2) is 0 Å². The van der Waals surface area contributed by atoms with Crippen LogP contribution < -0.4 is 4.74 Å². The lowest BCUT2D eigenvalue weighted by Crippen LogP contribution is -2.21. The Labute approximate surface area is 123 Å². The lowest BCUT2D eigenvalue weighted by molar-refractivity contribution is 0.270. The fourth-order valence-corrected chi connectivity index (χ4v) is 4.32. The van der Waals surface area contributed by atoms with E-state index in [4.69, 9.17) is 16.3 Å². The summed E-state index contributed by atoms with van der Waals surface area (Å²) in [5.41, 5.74) is 1.47. The zero-order chi connectivity index (χ0) is 13.2. The van der Waals surface area contributed by atoms with E-state index in [0.717, 1.165) is 16.6 Å². The van der Waals surface area contributed by atoms with Crippen molar-refractivity contribution in [3.05, 3.63) is 28.2 Å². The fraction of sp³-hybridized carbons (Fsp3) is 0.600. The summed E-state index contributed by atoms with van der Waals surface area (Å²) in [5.74, 6) is 0.867.